The Morgan fingerprint density at radius 2 is 1.57 bits per heavy atom. The Balaban J connectivity index is 0.970. The van der Waals surface area contributed by atoms with Gasteiger partial charge < -0.3 is 9.94 Å². The fourth-order valence-corrected chi connectivity index (χ4v) is 11.6. The summed E-state index contributed by atoms with van der Waals surface area (Å²) >= 11 is 0. The normalized spacial score (nSPS) is 37.7. The third-order valence-electron chi connectivity index (χ3n) is 13.7. The molecule has 7 rings (SSSR count). The Bertz CT molecular complexity index is 1260. The van der Waals surface area contributed by atoms with Crippen molar-refractivity contribution in [2.45, 2.75) is 103 Å². The van der Waals surface area contributed by atoms with Crippen molar-refractivity contribution < 1.29 is 14.7 Å². The van der Waals surface area contributed by atoms with E-state index in [1.807, 2.05) is 0 Å². The monoisotopic (exact) mass is 569 g/mol. The number of hydrogen-bond donors (Lipinski definition) is 2. The Morgan fingerprint density at radius 3 is 2.29 bits per heavy atom. The van der Waals surface area contributed by atoms with Crippen molar-refractivity contribution in [2.24, 2.45) is 46.3 Å². The van der Waals surface area contributed by atoms with Gasteiger partial charge in [-0.3, -0.25) is 4.79 Å². The quantitative estimate of drug-likeness (QED) is 0.312. The molecule has 4 saturated carbocycles. The molecule has 9 atom stereocenters. The highest BCUT2D eigenvalue weighted by Crippen LogP contribution is 2.68. The van der Waals surface area contributed by atoms with E-state index in [1.165, 1.54) is 80.0 Å². The molecule has 0 unspecified atom stereocenters. The van der Waals surface area contributed by atoms with Crippen LogP contribution in [0.15, 0.2) is 48.5 Å². The van der Waals surface area contributed by atoms with Gasteiger partial charge in [-0.25, -0.2) is 0 Å². The molecule has 4 fully saturated rings. The molecule has 2 aromatic carbocycles. The minimum absolute atomic E-state index is 0.299. The lowest BCUT2D eigenvalue weighted by atomic mass is 9.44. The average molecular weight is 570 g/mol. The average Bonchev–Trinajstić information content (AvgIpc) is 3.51. The number of hydrogen-bond acceptors (Lipinski definition) is 3. The zero-order valence-corrected chi connectivity index (χ0v) is 26.0. The van der Waals surface area contributed by atoms with Crippen LogP contribution in [0.2, 0.25) is 0 Å². The summed E-state index contributed by atoms with van der Waals surface area (Å²) in [6, 6.07) is 18.1. The van der Waals surface area contributed by atoms with Crippen LogP contribution in [0.1, 0.15) is 108 Å². The van der Waals surface area contributed by atoms with E-state index in [0.717, 1.165) is 30.1 Å². The van der Waals surface area contributed by atoms with Gasteiger partial charge in [0.1, 0.15) is 0 Å². The predicted molar refractivity (Wildman–Crippen MR) is 168 cm³/mol. The molecule has 5 aliphatic carbocycles. The van der Waals surface area contributed by atoms with Crippen LogP contribution in [-0.2, 0) is 9.63 Å². The molecule has 4 nitrogen and oxygen atoms in total. The number of carboxylic acids is 1. The van der Waals surface area contributed by atoms with Gasteiger partial charge in [0.15, 0.2) is 0 Å². The fourth-order valence-electron chi connectivity index (χ4n) is 11.6. The van der Waals surface area contributed by atoms with Crippen LogP contribution in [-0.4, -0.2) is 23.7 Å². The molecule has 0 bridgehead atoms. The van der Waals surface area contributed by atoms with Crippen LogP contribution in [0.25, 0.3) is 11.1 Å². The molecule has 2 aromatic rings. The zero-order chi connectivity index (χ0) is 29.1. The maximum Gasteiger partial charge on any atom is 0.303 e. The number of benzene rings is 2. The number of carboxylic acid groups (broad SMARTS) is 1. The van der Waals surface area contributed by atoms with Crippen LogP contribution in [0.5, 0.6) is 0 Å². The molecule has 226 valence electrons. The van der Waals surface area contributed by atoms with E-state index in [1.54, 1.807) is 0 Å². The standard InChI is InChI=1S/C38H51NO3/c1-24(12-17-36(40)41)33-15-16-34-31-14-13-25-22-26(18-20-37(25,2)35(31)19-21-38(33,34)3)39-42-23-32-29-10-6-4-8-27(29)28-9-5-7-11-30(28)32/h4-11,24-26,31-35,39H,12-23H2,1-3H3,(H,40,41)/t24-,25-,26+,31+,33-,34+,35+,37+,38-/m1/s1. The summed E-state index contributed by atoms with van der Waals surface area (Å²) in [6.45, 7) is 8.27. The number of carbonyl (C=O) groups is 1. The van der Waals surface area contributed by atoms with Crippen LogP contribution < -0.4 is 5.48 Å². The third-order valence-corrected chi connectivity index (χ3v) is 13.7. The number of rotatable bonds is 8. The highest BCUT2D eigenvalue weighted by molar-refractivity contribution is 5.78. The molecule has 0 amide bonds. The van der Waals surface area contributed by atoms with Gasteiger partial charge in [0, 0.05) is 18.4 Å². The van der Waals surface area contributed by atoms with Gasteiger partial charge in [-0.1, -0.05) is 69.3 Å². The molecule has 0 spiro atoms. The number of hydroxylamine groups is 1. The van der Waals surface area contributed by atoms with Gasteiger partial charge >= 0.3 is 5.97 Å². The van der Waals surface area contributed by atoms with Gasteiger partial charge in [-0.15, -0.1) is 0 Å². The predicted octanol–water partition coefficient (Wildman–Crippen LogP) is 8.85. The first-order valence-electron chi connectivity index (χ1n) is 17.1. The first kappa shape index (κ1) is 28.6. The van der Waals surface area contributed by atoms with Crippen LogP contribution in [0, 0.1) is 46.3 Å². The molecule has 0 aliphatic heterocycles. The minimum atomic E-state index is -0.638. The largest absolute Gasteiger partial charge is 0.481 e. The lowest BCUT2D eigenvalue weighted by molar-refractivity contribution is -0.138. The molecule has 4 heteroatoms. The molecule has 0 saturated heterocycles. The van der Waals surface area contributed by atoms with E-state index in [4.69, 9.17) is 4.84 Å². The van der Waals surface area contributed by atoms with Crippen molar-refractivity contribution in [3.63, 3.8) is 0 Å². The Kier molecular flexibility index (Phi) is 7.54. The number of fused-ring (bicyclic) bond motifs is 8. The van der Waals surface area contributed by atoms with Crippen LogP contribution >= 0.6 is 0 Å². The van der Waals surface area contributed by atoms with E-state index in [-0.39, 0.29) is 0 Å². The molecular formula is C38H51NO3. The number of aliphatic carboxylic acids is 1. The topological polar surface area (TPSA) is 58.6 Å². The molecule has 2 N–H and O–H groups in total. The first-order chi connectivity index (χ1) is 20.3. The Labute approximate surface area is 253 Å². The van der Waals surface area contributed by atoms with Crippen molar-refractivity contribution in [2.75, 3.05) is 6.61 Å². The van der Waals surface area contributed by atoms with Gasteiger partial charge in [-0.05, 0) is 133 Å². The summed E-state index contributed by atoms with van der Waals surface area (Å²) in [6.07, 6.45) is 13.1. The molecule has 5 aliphatic rings. The highest BCUT2D eigenvalue weighted by Gasteiger charge is 2.60. The molecule has 42 heavy (non-hydrogen) atoms. The maximum atomic E-state index is 11.3. The summed E-state index contributed by atoms with van der Waals surface area (Å²) < 4.78 is 0. The Hall–Kier alpha value is -2.17. The van der Waals surface area contributed by atoms with E-state index in [2.05, 4.69) is 74.8 Å². The van der Waals surface area contributed by atoms with E-state index in [9.17, 15) is 9.90 Å². The summed E-state index contributed by atoms with van der Waals surface area (Å²) in [7, 11) is 0. The summed E-state index contributed by atoms with van der Waals surface area (Å²) in [5.41, 5.74) is 9.94. The van der Waals surface area contributed by atoms with Crippen LogP contribution in [0.4, 0.5) is 0 Å². The summed E-state index contributed by atoms with van der Waals surface area (Å²) in [5, 5.41) is 9.27. The molecule has 0 aromatic heterocycles. The fraction of sp³-hybridized carbons (Fsp3) is 0.658. The van der Waals surface area contributed by atoms with E-state index >= 15 is 0 Å². The van der Waals surface area contributed by atoms with E-state index in [0.29, 0.717) is 47.7 Å². The van der Waals surface area contributed by atoms with Crippen molar-refractivity contribution in [1.29, 1.82) is 0 Å². The Morgan fingerprint density at radius 1 is 0.905 bits per heavy atom. The third kappa shape index (κ3) is 4.67. The smallest absolute Gasteiger partial charge is 0.303 e. The highest BCUT2D eigenvalue weighted by atomic mass is 16.6. The van der Waals surface area contributed by atoms with Crippen molar-refractivity contribution in [1.82, 2.24) is 5.48 Å². The van der Waals surface area contributed by atoms with Crippen molar-refractivity contribution >= 4 is 5.97 Å². The van der Waals surface area contributed by atoms with Crippen molar-refractivity contribution in [3.8, 4) is 11.1 Å². The van der Waals surface area contributed by atoms with Gasteiger partial charge in [0.05, 0.1) is 6.61 Å². The minimum Gasteiger partial charge on any atom is -0.481 e. The summed E-state index contributed by atoms with van der Waals surface area (Å²) in [4.78, 5) is 17.6. The van der Waals surface area contributed by atoms with Crippen molar-refractivity contribution in [3.05, 3.63) is 59.7 Å². The lowest BCUT2D eigenvalue weighted by Crippen LogP contribution is -2.55. The number of nitrogens with one attached hydrogen (secondary N) is 1. The molecular weight excluding hydrogens is 518 g/mol. The lowest BCUT2D eigenvalue weighted by Gasteiger charge is -2.61. The summed E-state index contributed by atoms with van der Waals surface area (Å²) in [5.74, 6) is 4.23. The second-order valence-corrected chi connectivity index (χ2v) is 15.4. The van der Waals surface area contributed by atoms with Gasteiger partial charge in [-0.2, -0.15) is 5.48 Å². The van der Waals surface area contributed by atoms with Gasteiger partial charge in [0.2, 0.25) is 0 Å². The second kappa shape index (κ2) is 11.1. The maximum absolute atomic E-state index is 11.3. The molecule has 0 radical (unpaired) electrons. The van der Waals surface area contributed by atoms with Crippen LogP contribution in [0.3, 0.4) is 0 Å². The first-order valence-corrected chi connectivity index (χ1v) is 17.1. The van der Waals surface area contributed by atoms with E-state index < -0.39 is 5.97 Å². The SMILES string of the molecule is C[C@H](CCC(=O)O)[C@H]1CC[C@H]2[C@@H]3CC[C@@H]4C[C@@H](NOCC5c6ccccc6-c6ccccc65)CC[C@]4(C)[C@H]3CC[C@]12C. The zero-order valence-electron chi connectivity index (χ0n) is 26.0. The van der Waals surface area contributed by atoms with Gasteiger partial charge in [0.25, 0.3) is 0 Å². The second-order valence-electron chi connectivity index (χ2n) is 15.4. The molecule has 0 heterocycles.